The fraction of sp³-hybridized carbons (Fsp3) is 0.533. The van der Waals surface area contributed by atoms with Gasteiger partial charge >= 0.3 is 0 Å². The Hall–Kier alpha value is -1.35. The molecule has 0 saturated carbocycles. The molecule has 0 saturated heterocycles. The molecule has 1 atom stereocenters. The van der Waals surface area contributed by atoms with E-state index in [4.69, 9.17) is 5.73 Å². The first-order valence-corrected chi connectivity index (χ1v) is 6.54. The van der Waals surface area contributed by atoms with E-state index in [9.17, 15) is 4.79 Å². The van der Waals surface area contributed by atoms with Gasteiger partial charge in [0.05, 0.1) is 0 Å². The summed E-state index contributed by atoms with van der Waals surface area (Å²) in [6.07, 6.45) is 0.742. The molecule has 1 rings (SSSR count). The van der Waals surface area contributed by atoms with Crippen molar-refractivity contribution in [3.05, 3.63) is 35.4 Å². The molecule has 1 aromatic carbocycles. The van der Waals surface area contributed by atoms with Crippen LogP contribution in [0.4, 0.5) is 0 Å². The second kappa shape index (κ2) is 6.55. The molecule has 0 aliphatic carbocycles. The summed E-state index contributed by atoms with van der Waals surface area (Å²) < 4.78 is 0. The first kappa shape index (κ1) is 14.7. The molecule has 1 amide bonds. The van der Waals surface area contributed by atoms with Crippen molar-refractivity contribution in [2.75, 3.05) is 13.6 Å². The molecular formula is C15H24N2O. The maximum Gasteiger partial charge on any atom is 0.254 e. The fourth-order valence-corrected chi connectivity index (χ4v) is 1.92. The highest BCUT2D eigenvalue weighted by molar-refractivity contribution is 5.95. The molecule has 0 aliphatic rings. The topological polar surface area (TPSA) is 46.3 Å². The summed E-state index contributed by atoms with van der Waals surface area (Å²) >= 11 is 0. The third-order valence-corrected chi connectivity index (χ3v) is 3.56. The van der Waals surface area contributed by atoms with Gasteiger partial charge in [0.2, 0.25) is 0 Å². The minimum absolute atomic E-state index is 0.0836. The zero-order chi connectivity index (χ0) is 13.7. The van der Waals surface area contributed by atoms with Gasteiger partial charge in [-0.1, -0.05) is 32.0 Å². The summed E-state index contributed by atoms with van der Waals surface area (Å²) in [5.41, 5.74) is 7.40. The normalized spacial score (nSPS) is 12.6. The standard InChI is InChI=1S/C15H24N2O/c1-11(2)12(3)17(4)15(18)14-8-6-5-7-13(14)9-10-16/h5-8,11-12H,9-10,16H2,1-4H3. The van der Waals surface area contributed by atoms with Gasteiger partial charge in [-0.3, -0.25) is 4.79 Å². The van der Waals surface area contributed by atoms with Crippen LogP contribution in [-0.2, 0) is 6.42 Å². The molecule has 0 aromatic heterocycles. The van der Waals surface area contributed by atoms with Crippen molar-refractivity contribution in [2.45, 2.75) is 33.2 Å². The van der Waals surface area contributed by atoms with Gasteiger partial charge in [0.15, 0.2) is 0 Å². The van der Waals surface area contributed by atoms with E-state index in [1.165, 1.54) is 0 Å². The Kier molecular flexibility index (Phi) is 5.35. The van der Waals surface area contributed by atoms with E-state index in [1.807, 2.05) is 36.2 Å². The van der Waals surface area contributed by atoms with Gasteiger partial charge in [-0.15, -0.1) is 0 Å². The lowest BCUT2D eigenvalue weighted by Gasteiger charge is -2.28. The molecule has 3 heteroatoms. The quantitative estimate of drug-likeness (QED) is 0.869. The summed E-state index contributed by atoms with van der Waals surface area (Å²) in [4.78, 5) is 14.3. The van der Waals surface area contributed by atoms with E-state index in [1.54, 1.807) is 0 Å². The summed E-state index contributed by atoms with van der Waals surface area (Å²) in [5, 5.41) is 0. The van der Waals surface area contributed by atoms with Crippen LogP contribution >= 0.6 is 0 Å². The van der Waals surface area contributed by atoms with E-state index in [2.05, 4.69) is 20.8 Å². The number of hydrogen-bond acceptors (Lipinski definition) is 2. The zero-order valence-corrected chi connectivity index (χ0v) is 11.8. The van der Waals surface area contributed by atoms with Crippen molar-refractivity contribution < 1.29 is 4.79 Å². The highest BCUT2D eigenvalue weighted by Gasteiger charge is 2.21. The molecule has 0 spiro atoms. The molecule has 0 fully saturated rings. The van der Waals surface area contributed by atoms with Crippen LogP contribution in [0.1, 0.15) is 36.7 Å². The lowest BCUT2D eigenvalue weighted by Crippen LogP contribution is -2.38. The number of rotatable bonds is 5. The number of carbonyl (C=O) groups excluding carboxylic acids is 1. The molecule has 0 aliphatic heterocycles. The van der Waals surface area contributed by atoms with Crippen molar-refractivity contribution in [3.8, 4) is 0 Å². The Bertz CT molecular complexity index is 401. The Morgan fingerprint density at radius 1 is 1.28 bits per heavy atom. The molecule has 18 heavy (non-hydrogen) atoms. The second-order valence-electron chi connectivity index (χ2n) is 5.10. The van der Waals surface area contributed by atoms with E-state index in [0.29, 0.717) is 12.5 Å². The number of hydrogen-bond donors (Lipinski definition) is 1. The van der Waals surface area contributed by atoms with E-state index < -0.39 is 0 Å². The summed E-state index contributed by atoms with van der Waals surface area (Å²) in [5.74, 6) is 0.529. The molecule has 1 aromatic rings. The molecule has 0 bridgehead atoms. The van der Waals surface area contributed by atoms with Crippen molar-refractivity contribution in [1.29, 1.82) is 0 Å². The van der Waals surface area contributed by atoms with Crippen LogP contribution in [0.25, 0.3) is 0 Å². The Balaban J connectivity index is 2.96. The number of nitrogens with zero attached hydrogens (tertiary/aromatic N) is 1. The maximum atomic E-state index is 12.5. The van der Waals surface area contributed by atoms with E-state index in [0.717, 1.165) is 17.5 Å². The van der Waals surface area contributed by atoms with E-state index >= 15 is 0 Å². The summed E-state index contributed by atoms with van der Waals surface area (Å²) in [7, 11) is 1.87. The number of amides is 1. The van der Waals surface area contributed by atoms with Crippen LogP contribution < -0.4 is 5.73 Å². The molecule has 0 radical (unpaired) electrons. The molecule has 2 N–H and O–H groups in total. The molecule has 1 unspecified atom stereocenters. The lowest BCUT2D eigenvalue weighted by molar-refractivity contribution is 0.0706. The monoisotopic (exact) mass is 248 g/mol. The van der Waals surface area contributed by atoms with E-state index in [-0.39, 0.29) is 11.9 Å². The molecule has 3 nitrogen and oxygen atoms in total. The molecule has 0 heterocycles. The van der Waals surface area contributed by atoms with Crippen molar-refractivity contribution in [1.82, 2.24) is 4.90 Å². The zero-order valence-electron chi connectivity index (χ0n) is 11.8. The first-order chi connectivity index (χ1) is 8.49. The second-order valence-corrected chi connectivity index (χ2v) is 5.10. The molecular weight excluding hydrogens is 224 g/mol. The van der Waals surface area contributed by atoms with Gasteiger partial charge < -0.3 is 10.6 Å². The van der Waals surface area contributed by atoms with Crippen LogP contribution in [0, 0.1) is 5.92 Å². The van der Waals surface area contributed by atoms with Crippen LogP contribution in [0.5, 0.6) is 0 Å². The van der Waals surface area contributed by atoms with Gasteiger partial charge in [0.25, 0.3) is 5.91 Å². The van der Waals surface area contributed by atoms with Crippen LogP contribution in [-0.4, -0.2) is 30.4 Å². The van der Waals surface area contributed by atoms with Gasteiger partial charge in [-0.05, 0) is 37.4 Å². The van der Waals surface area contributed by atoms with Crippen LogP contribution in [0.3, 0.4) is 0 Å². The van der Waals surface area contributed by atoms with Gasteiger partial charge in [-0.25, -0.2) is 0 Å². The SMILES string of the molecule is CC(C)C(C)N(C)C(=O)c1ccccc1CCN. The first-order valence-electron chi connectivity index (χ1n) is 6.54. The van der Waals surface area contributed by atoms with Gasteiger partial charge in [0, 0.05) is 18.7 Å². The molecule has 100 valence electrons. The third-order valence-electron chi connectivity index (χ3n) is 3.56. The number of nitrogens with two attached hydrogens (primary N) is 1. The van der Waals surface area contributed by atoms with Crippen molar-refractivity contribution >= 4 is 5.91 Å². The average Bonchev–Trinajstić information content (AvgIpc) is 2.37. The van der Waals surface area contributed by atoms with Crippen LogP contribution in [0.2, 0.25) is 0 Å². The highest BCUT2D eigenvalue weighted by atomic mass is 16.2. The minimum atomic E-state index is 0.0836. The number of benzene rings is 1. The van der Waals surface area contributed by atoms with Gasteiger partial charge in [0.1, 0.15) is 0 Å². The predicted molar refractivity (Wildman–Crippen MR) is 75.6 cm³/mol. The Labute approximate surface area is 110 Å². The van der Waals surface area contributed by atoms with Crippen molar-refractivity contribution in [2.24, 2.45) is 11.7 Å². The maximum absolute atomic E-state index is 12.5. The van der Waals surface area contributed by atoms with Gasteiger partial charge in [-0.2, -0.15) is 0 Å². The smallest absolute Gasteiger partial charge is 0.254 e. The highest BCUT2D eigenvalue weighted by Crippen LogP contribution is 2.16. The van der Waals surface area contributed by atoms with Crippen LogP contribution in [0.15, 0.2) is 24.3 Å². The largest absolute Gasteiger partial charge is 0.339 e. The van der Waals surface area contributed by atoms with Crippen molar-refractivity contribution in [3.63, 3.8) is 0 Å². The lowest BCUT2D eigenvalue weighted by atomic mass is 10.0. The summed E-state index contributed by atoms with van der Waals surface area (Å²) in [6, 6.07) is 7.95. The average molecular weight is 248 g/mol. The predicted octanol–water partition coefficient (Wildman–Crippen LogP) is 2.30. The summed E-state index contributed by atoms with van der Waals surface area (Å²) in [6.45, 7) is 6.89. The minimum Gasteiger partial charge on any atom is -0.339 e. The number of carbonyl (C=O) groups is 1. The third kappa shape index (κ3) is 3.33. The fourth-order valence-electron chi connectivity index (χ4n) is 1.92. The Morgan fingerprint density at radius 2 is 1.89 bits per heavy atom. The Morgan fingerprint density at radius 3 is 2.44 bits per heavy atom.